The first-order valence-electron chi connectivity index (χ1n) is 9.43. The number of hydrogen-bond donors (Lipinski definition) is 3. The van der Waals surface area contributed by atoms with Gasteiger partial charge < -0.3 is 20.1 Å². The van der Waals surface area contributed by atoms with E-state index in [4.69, 9.17) is 11.6 Å². The number of halogens is 1. The molecule has 0 saturated heterocycles. The molecule has 2 aliphatic carbocycles. The standard InChI is InChI=1S/C20H18ClN5O3S/c1-9(27)20-7-11(20)15(16(28)17(20)29)26-8-23-14-18(22-2)24-13(25-19(14)26)6-4-10-3-5-12(21)30-10/h3,5,8,11,15-17,28-29H,7H2,1-2H3,(H,22,24,25)/t11?,15-,16+,17?,20+/m1/s1. The molecule has 3 aromatic heterocycles. The summed E-state index contributed by atoms with van der Waals surface area (Å²) in [6.45, 7) is 1.47. The molecule has 30 heavy (non-hydrogen) atoms. The van der Waals surface area contributed by atoms with Crippen molar-refractivity contribution in [3.63, 3.8) is 0 Å². The molecule has 5 rings (SSSR count). The lowest BCUT2D eigenvalue weighted by Gasteiger charge is -2.23. The number of carbonyl (C=O) groups is 1. The minimum atomic E-state index is -1.10. The smallest absolute Gasteiger partial charge is 0.209 e. The Kier molecular flexibility index (Phi) is 4.38. The molecular formula is C20H18ClN5O3S. The van der Waals surface area contributed by atoms with Crippen LogP contribution in [0.15, 0.2) is 18.5 Å². The number of imidazole rings is 1. The summed E-state index contributed by atoms with van der Waals surface area (Å²) in [7, 11) is 1.73. The van der Waals surface area contributed by atoms with Crippen LogP contribution in [0, 0.1) is 23.2 Å². The first-order chi connectivity index (χ1) is 14.4. The van der Waals surface area contributed by atoms with Gasteiger partial charge in [0.05, 0.1) is 33.1 Å². The molecule has 2 saturated carbocycles. The summed E-state index contributed by atoms with van der Waals surface area (Å²) < 4.78 is 2.39. The van der Waals surface area contributed by atoms with E-state index >= 15 is 0 Å². The molecule has 3 heterocycles. The first kappa shape index (κ1) is 19.5. The van der Waals surface area contributed by atoms with Gasteiger partial charge in [-0.25, -0.2) is 15.0 Å². The number of hydrogen-bond acceptors (Lipinski definition) is 8. The topological polar surface area (TPSA) is 113 Å². The zero-order valence-electron chi connectivity index (χ0n) is 16.1. The van der Waals surface area contributed by atoms with Crippen LogP contribution in [0.4, 0.5) is 5.82 Å². The van der Waals surface area contributed by atoms with Crippen LogP contribution in [-0.4, -0.2) is 54.8 Å². The Hall–Kier alpha value is -2.51. The number of fused-ring (bicyclic) bond motifs is 2. The van der Waals surface area contributed by atoms with Gasteiger partial charge in [-0.05, 0) is 43.2 Å². The average Bonchev–Trinajstić information content (AvgIpc) is 2.98. The molecule has 10 heteroatoms. The van der Waals surface area contributed by atoms with E-state index in [0.717, 1.165) is 4.88 Å². The molecule has 5 atom stereocenters. The molecule has 0 radical (unpaired) electrons. The maximum Gasteiger partial charge on any atom is 0.209 e. The van der Waals surface area contributed by atoms with Crippen molar-refractivity contribution in [3.05, 3.63) is 33.5 Å². The maximum atomic E-state index is 12.2. The Labute approximate surface area is 180 Å². The Balaban J connectivity index is 1.59. The molecule has 0 spiro atoms. The Morgan fingerprint density at radius 3 is 2.80 bits per heavy atom. The summed E-state index contributed by atoms with van der Waals surface area (Å²) in [5, 5.41) is 24.3. The van der Waals surface area contributed by atoms with E-state index in [-0.39, 0.29) is 11.7 Å². The Bertz CT molecular complexity index is 1240. The lowest BCUT2D eigenvalue weighted by Crippen LogP contribution is -2.36. The van der Waals surface area contributed by atoms with Crippen molar-refractivity contribution >= 4 is 45.7 Å². The molecule has 0 aromatic carbocycles. The van der Waals surface area contributed by atoms with Crippen LogP contribution >= 0.6 is 22.9 Å². The highest BCUT2D eigenvalue weighted by molar-refractivity contribution is 7.16. The first-order valence-corrected chi connectivity index (χ1v) is 10.6. The number of nitrogens with one attached hydrogen (secondary N) is 1. The van der Waals surface area contributed by atoms with Gasteiger partial charge in [0.25, 0.3) is 0 Å². The number of aliphatic hydroxyl groups excluding tert-OH is 2. The van der Waals surface area contributed by atoms with Crippen LogP contribution < -0.4 is 5.32 Å². The SMILES string of the molecule is CNc1nc(C#Cc2ccc(Cl)s2)nc2c1ncn2[C@@H]1C2C[C@@]2(C(C)=O)C(O)[C@H]1O. The lowest BCUT2D eigenvalue weighted by atomic mass is 9.95. The maximum absolute atomic E-state index is 12.2. The van der Waals surface area contributed by atoms with E-state index in [1.54, 1.807) is 24.0 Å². The number of aliphatic hydroxyl groups is 2. The fraction of sp³-hybridized carbons (Fsp3) is 0.400. The fourth-order valence-electron chi connectivity index (χ4n) is 4.64. The van der Waals surface area contributed by atoms with Crippen LogP contribution in [0.1, 0.15) is 30.1 Å². The second-order valence-corrected chi connectivity index (χ2v) is 9.37. The predicted octanol–water partition coefficient (Wildman–Crippen LogP) is 1.85. The predicted molar refractivity (Wildman–Crippen MR) is 112 cm³/mol. The van der Waals surface area contributed by atoms with E-state index in [0.29, 0.717) is 33.6 Å². The summed E-state index contributed by atoms with van der Waals surface area (Å²) in [4.78, 5) is 26.3. The number of carbonyl (C=O) groups excluding carboxylic acids is 1. The van der Waals surface area contributed by atoms with E-state index in [9.17, 15) is 15.0 Å². The van der Waals surface area contributed by atoms with E-state index in [1.807, 2.05) is 6.07 Å². The summed E-state index contributed by atoms with van der Waals surface area (Å²) in [5.41, 5.74) is 0.149. The van der Waals surface area contributed by atoms with Crippen molar-refractivity contribution in [2.75, 3.05) is 12.4 Å². The number of anilines is 1. The number of Topliss-reactive ketones (excluding diaryl/α,β-unsaturated/α-hetero) is 1. The van der Waals surface area contributed by atoms with Gasteiger partial charge in [0, 0.05) is 7.05 Å². The summed E-state index contributed by atoms with van der Waals surface area (Å²) in [6, 6.07) is 3.11. The van der Waals surface area contributed by atoms with Crippen molar-refractivity contribution < 1.29 is 15.0 Å². The molecule has 3 N–H and O–H groups in total. The van der Waals surface area contributed by atoms with Gasteiger partial charge >= 0.3 is 0 Å². The summed E-state index contributed by atoms with van der Waals surface area (Å²) in [6.07, 6.45) is -0.0663. The zero-order chi connectivity index (χ0) is 21.2. The number of nitrogens with zero attached hydrogens (tertiary/aromatic N) is 4. The molecule has 2 unspecified atom stereocenters. The molecule has 8 nitrogen and oxygen atoms in total. The summed E-state index contributed by atoms with van der Waals surface area (Å²) >= 11 is 7.32. The third kappa shape index (κ3) is 2.68. The van der Waals surface area contributed by atoms with Crippen molar-refractivity contribution in [1.82, 2.24) is 19.5 Å². The van der Waals surface area contributed by atoms with Crippen LogP contribution in [-0.2, 0) is 4.79 Å². The van der Waals surface area contributed by atoms with Crippen molar-refractivity contribution in [2.45, 2.75) is 31.6 Å². The minimum Gasteiger partial charge on any atom is -0.389 e. The zero-order valence-corrected chi connectivity index (χ0v) is 17.7. The van der Waals surface area contributed by atoms with Gasteiger partial charge in [-0.2, -0.15) is 0 Å². The minimum absolute atomic E-state index is 0.0994. The van der Waals surface area contributed by atoms with Gasteiger partial charge in [0.15, 0.2) is 17.0 Å². The third-order valence-corrected chi connectivity index (χ3v) is 7.32. The number of ketones is 1. The molecule has 0 amide bonds. The molecule has 2 fully saturated rings. The van der Waals surface area contributed by atoms with Crippen molar-refractivity contribution in [2.24, 2.45) is 11.3 Å². The number of rotatable bonds is 3. The highest BCUT2D eigenvalue weighted by Crippen LogP contribution is 2.68. The molecule has 0 aliphatic heterocycles. The Morgan fingerprint density at radius 1 is 1.37 bits per heavy atom. The summed E-state index contributed by atoms with van der Waals surface area (Å²) in [5.74, 6) is 6.49. The van der Waals surface area contributed by atoms with Gasteiger partial charge in [0.1, 0.15) is 11.9 Å². The van der Waals surface area contributed by atoms with Gasteiger partial charge in [0.2, 0.25) is 5.82 Å². The largest absolute Gasteiger partial charge is 0.389 e. The monoisotopic (exact) mass is 443 g/mol. The number of thiophene rings is 1. The normalized spacial score (nSPS) is 29.4. The van der Waals surface area contributed by atoms with Crippen molar-refractivity contribution in [1.29, 1.82) is 0 Å². The van der Waals surface area contributed by atoms with E-state index in [2.05, 4.69) is 32.1 Å². The second-order valence-electron chi connectivity index (χ2n) is 7.66. The van der Waals surface area contributed by atoms with Gasteiger partial charge in [-0.3, -0.25) is 4.79 Å². The average molecular weight is 444 g/mol. The number of aromatic nitrogens is 4. The highest BCUT2D eigenvalue weighted by Gasteiger charge is 2.74. The second kappa shape index (κ2) is 6.75. The van der Waals surface area contributed by atoms with Crippen LogP contribution in [0.2, 0.25) is 4.34 Å². The van der Waals surface area contributed by atoms with Crippen LogP contribution in [0.25, 0.3) is 11.2 Å². The fourth-order valence-corrected chi connectivity index (χ4v) is 5.53. The molecule has 3 aromatic rings. The van der Waals surface area contributed by atoms with Gasteiger partial charge in [-0.15, -0.1) is 11.3 Å². The molecule has 2 aliphatic rings. The lowest BCUT2D eigenvalue weighted by molar-refractivity contribution is -0.128. The van der Waals surface area contributed by atoms with Gasteiger partial charge in [-0.1, -0.05) is 11.6 Å². The van der Waals surface area contributed by atoms with Crippen molar-refractivity contribution in [3.8, 4) is 11.8 Å². The van der Waals surface area contributed by atoms with Crippen LogP contribution in [0.3, 0.4) is 0 Å². The quantitative estimate of drug-likeness (QED) is 0.529. The molecular weight excluding hydrogens is 426 g/mol. The molecule has 0 bridgehead atoms. The van der Waals surface area contributed by atoms with E-state index < -0.39 is 23.7 Å². The third-order valence-electron chi connectivity index (χ3n) is 6.18. The molecule has 154 valence electrons. The highest BCUT2D eigenvalue weighted by atomic mass is 35.5. The van der Waals surface area contributed by atoms with E-state index in [1.165, 1.54) is 18.3 Å². The Morgan fingerprint density at radius 2 is 2.17 bits per heavy atom. The van der Waals surface area contributed by atoms with Crippen LogP contribution in [0.5, 0.6) is 0 Å².